The smallest absolute Gasteiger partial charge is 0.475 e. The van der Waals surface area contributed by atoms with Crippen LogP contribution in [0.4, 0.5) is 25.1 Å². The molecule has 2 saturated heterocycles. The first-order chi connectivity index (χ1) is 17.4. The molecule has 11 nitrogen and oxygen atoms in total. The zero-order valence-electron chi connectivity index (χ0n) is 20.6. The lowest BCUT2D eigenvalue weighted by Crippen LogP contribution is -2.47. The third-order valence-corrected chi connectivity index (χ3v) is 6.50. The van der Waals surface area contributed by atoms with E-state index in [9.17, 15) is 13.2 Å². The molecule has 0 saturated carbocycles. The molecule has 3 atom stereocenters. The van der Waals surface area contributed by atoms with Crippen molar-refractivity contribution in [1.82, 2.24) is 24.8 Å². The number of likely N-dealkylation sites (tertiary alicyclic amines) is 1. The first-order valence-electron chi connectivity index (χ1n) is 11.9. The van der Waals surface area contributed by atoms with Crippen LogP contribution < -0.4 is 10.6 Å². The molecule has 3 N–H and O–H groups in total. The Hall–Kier alpha value is -3.10. The first kappa shape index (κ1) is 26.9. The van der Waals surface area contributed by atoms with E-state index in [1.807, 2.05) is 6.20 Å². The molecule has 0 bridgehead atoms. The molecule has 2 aromatic rings. The minimum Gasteiger partial charge on any atom is -0.475 e. The van der Waals surface area contributed by atoms with Crippen LogP contribution in [0.1, 0.15) is 37.1 Å². The van der Waals surface area contributed by atoms with Gasteiger partial charge in [0.15, 0.2) is 0 Å². The second kappa shape index (κ2) is 10.7. The van der Waals surface area contributed by atoms with Crippen LogP contribution in [0.25, 0.3) is 0 Å². The summed E-state index contributed by atoms with van der Waals surface area (Å²) in [6, 6.07) is 0. The van der Waals surface area contributed by atoms with Crippen LogP contribution in [-0.4, -0.2) is 87.1 Å². The van der Waals surface area contributed by atoms with Gasteiger partial charge in [0.2, 0.25) is 11.9 Å². The summed E-state index contributed by atoms with van der Waals surface area (Å²) in [7, 11) is 0. The minimum absolute atomic E-state index is 0.0938. The number of carboxylic acid groups (broad SMARTS) is 1. The Labute approximate surface area is 211 Å². The molecule has 14 heteroatoms. The number of anilines is 2. The number of carbonyl (C=O) groups is 1. The van der Waals surface area contributed by atoms with Crippen LogP contribution in [0.2, 0.25) is 0 Å². The molecule has 0 aliphatic carbocycles. The van der Waals surface area contributed by atoms with Crippen LogP contribution in [0, 0.1) is 0 Å². The van der Waals surface area contributed by atoms with Crippen molar-refractivity contribution in [3.8, 4) is 0 Å². The summed E-state index contributed by atoms with van der Waals surface area (Å²) in [5, 5.41) is 7.12. The molecule has 5 heterocycles. The Bertz CT molecular complexity index is 1090. The van der Waals surface area contributed by atoms with Gasteiger partial charge in [0, 0.05) is 55.9 Å². The average molecular weight is 526 g/mol. The fraction of sp³-hybridized carbons (Fsp3) is 0.609. The van der Waals surface area contributed by atoms with E-state index in [4.69, 9.17) is 30.1 Å². The van der Waals surface area contributed by atoms with E-state index in [-0.39, 0.29) is 17.6 Å². The molecule has 2 aromatic heterocycles. The summed E-state index contributed by atoms with van der Waals surface area (Å²) in [6.45, 7) is 9.80. The molecule has 0 radical (unpaired) electrons. The van der Waals surface area contributed by atoms with E-state index < -0.39 is 12.1 Å². The van der Waals surface area contributed by atoms with E-state index in [1.54, 1.807) is 12.4 Å². The Morgan fingerprint density at radius 2 is 1.84 bits per heavy atom. The van der Waals surface area contributed by atoms with Crippen LogP contribution in [0.15, 0.2) is 18.6 Å². The number of carboxylic acids is 1. The van der Waals surface area contributed by atoms with Crippen molar-refractivity contribution >= 4 is 17.9 Å². The van der Waals surface area contributed by atoms with E-state index >= 15 is 0 Å². The maximum absolute atomic E-state index is 10.6. The lowest BCUT2D eigenvalue weighted by Gasteiger charge is -2.38. The van der Waals surface area contributed by atoms with Crippen LogP contribution >= 0.6 is 0 Å². The predicted octanol–water partition coefficient (Wildman–Crippen LogP) is 1.77. The van der Waals surface area contributed by atoms with E-state index in [1.165, 1.54) is 0 Å². The van der Waals surface area contributed by atoms with Gasteiger partial charge < -0.3 is 25.2 Å². The molecular formula is C23H30F3N7O4. The van der Waals surface area contributed by atoms with Gasteiger partial charge in [-0.25, -0.2) is 24.7 Å². The zero-order chi connectivity index (χ0) is 26.8. The summed E-state index contributed by atoms with van der Waals surface area (Å²) in [5.41, 5.74) is 8.85. The number of morpholine rings is 1. The summed E-state index contributed by atoms with van der Waals surface area (Å²) in [4.78, 5) is 31.6. The normalized spacial score (nSPS) is 25.9. The molecule has 0 amide bonds. The molecule has 3 unspecified atom stereocenters. The number of aliphatic carboxylic acids is 1. The number of rotatable bonds is 3. The fourth-order valence-electron chi connectivity index (χ4n) is 4.99. The number of halogens is 3. The lowest BCUT2D eigenvalue weighted by molar-refractivity contribution is -0.192. The Morgan fingerprint density at radius 3 is 2.46 bits per heavy atom. The van der Waals surface area contributed by atoms with Gasteiger partial charge in [0.1, 0.15) is 0 Å². The van der Waals surface area contributed by atoms with Crippen LogP contribution in [-0.2, 0) is 32.8 Å². The van der Waals surface area contributed by atoms with Gasteiger partial charge >= 0.3 is 12.1 Å². The zero-order valence-corrected chi connectivity index (χ0v) is 20.6. The first-order valence-corrected chi connectivity index (χ1v) is 11.9. The topological polar surface area (TPSA) is 140 Å². The third kappa shape index (κ3) is 6.43. The second-order valence-corrected chi connectivity index (χ2v) is 9.69. The van der Waals surface area contributed by atoms with Crippen LogP contribution in [0.5, 0.6) is 0 Å². The number of hydrogen-bond donors (Lipinski definition) is 2. The number of aromatic nitrogens is 4. The summed E-state index contributed by atoms with van der Waals surface area (Å²) in [6.07, 6.45) is 1.85. The van der Waals surface area contributed by atoms with Gasteiger partial charge in [-0.1, -0.05) is 0 Å². The molecule has 202 valence electrons. The van der Waals surface area contributed by atoms with Crippen molar-refractivity contribution < 1.29 is 32.5 Å². The highest BCUT2D eigenvalue weighted by atomic mass is 19.4. The lowest BCUT2D eigenvalue weighted by atomic mass is 9.80. The Balaban J connectivity index is 0.000000405. The monoisotopic (exact) mass is 525 g/mol. The standard InChI is InChI=1S/C21H29N7O2.C2HF3O2/c1-14-8-28(9-15(2)30-14)20-25-7-17-11-29-13-21(18(17)26-20)3-4-27(12-21)10-16-5-23-19(22)24-6-16;3-2(4,5)1(6)7/h5-7,14-15H,3-4,8-13H2,1-2H3,(H2,22,23,24);(H,6,7). The molecule has 1 spiro atoms. The van der Waals surface area contributed by atoms with E-state index in [2.05, 4.69) is 38.6 Å². The van der Waals surface area contributed by atoms with E-state index in [0.717, 1.165) is 61.9 Å². The predicted molar refractivity (Wildman–Crippen MR) is 126 cm³/mol. The maximum Gasteiger partial charge on any atom is 0.490 e. The van der Waals surface area contributed by atoms with Crippen molar-refractivity contribution in [3.63, 3.8) is 0 Å². The molecule has 3 aliphatic rings. The third-order valence-electron chi connectivity index (χ3n) is 6.50. The molecule has 3 aliphatic heterocycles. The minimum atomic E-state index is -5.08. The van der Waals surface area contributed by atoms with Crippen molar-refractivity contribution in [1.29, 1.82) is 0 Å². The van der Waals surface area contributed by atoms with Gasteiger partial charge in [-0.2, -0.15) is 13.2 Å². The second-order valence-electron chi connectivity index (χ2n) is 9.69. The summed E-state index contributed by atoms with van der Waals surface area (Å²) < 4.78 is 43.6. The number of fused-ring (bicyclic) bond motifs is 2. The van der Waals surface area contributed by atoms with Gasteiger partial charge in [0.05, 0.1) is 36.5 Å². The highest BCUT2D eigenvalue weighted by Crippen LogP contribution is 2.40. The van der Waals surface area contributed by atoms with E-state index in [0.29, 0.717) is 19.2 Å². The van der Waals surface area contributed by atoms with Crippen molar-refractivity contribution in [2.45, 2.75) is 57.2 Å². The number of nitrogen functional groups attached to an aromatic ring is 1. The highest BCUT2D eigenvalue weighted by molar-refractivity contribution is 5.73. The number of alkyl halides is 3. The molecule has 0 aromatic carbocycles. The number of ether oxygens (including phenoxy) is 2. The Morgan fingerprint density at radius 1 is 1.19 bits per heavy atom. The highest BCUT2D eigenvalue weighted by Gasteiger charge is 2.45. The van der Waals surface area contributed by atoms with Crippen LogP contribution in [0.3, 0.4) is 0 Å². The molecule has 2 fully saturated rings. The van der Waals surface area contributed by atoms with Crippen molar-refractivity contribution in [2.24, 2.45) is 0 Å². The molecule has 5 rings (SSSR count). The van der Waals surface area contributed by atoms with Crippen molar-refractivity contribution in [2.75, 3.05) is 43.4 Å². The quantitative estimate of drug-likeness (QED) is 0.606. The number of nitrogens with two attached hydrogens (primary N) is 1. The number of hydrogen-bond acceptors (Lipinski definition) is 10. The largest absolute Gasteiger partial charge is 0.490 e. The SMILES string of the molecule is CC1CN(c2ncc3c(n2)C2(CCN(Cc4cnc(N)nc4)C2)COC3)CC(C)O1.O=C(O)C(F)(F)F. The van der Waals surface area contributed by atoms with Crippen molar-refractivity contribution in [3.05, 3.63) is 35.4 Å². The summed E-state index contributed by atoms with van der Waals surface area (Å²) >= 11 is 0. The van der Waals surface area contributed by atoms with Gasteiger partial charge in [0.25, 0.3) is 0 Å². The average Bonchev–Trinajstić information content (AvgIpc) is 3.22. The van der Waals surface area contributed by atoms with Gasteiger partial charge in [-0.3, -0.25) is 4.90 Å². The van der Waals surface area contributed by atoms with Gasteiger partial charge in [-0.05, 0) is 26.8 Å². The van der Waals surface area contributed by atoms with Gasteiger partial charge in [-0.15, -0.1) is 0 Å². The maximum atomic E-state index is 10.6. The number of nitrogens with zero attached hydrogens (tertiary/aromatic N) is 6. The molecular weight excluding hydrogens is 495 g/mol. The summed E-state index contributed by atoms with van der Waals surface area (Å²) in [5.74, 6) is -1.64. The fourth-order valence-corrected chi connectivity index (χ4v) is 4.99. The Kier molecular flexibility index (Phi) is 7.80. The molecule has 37 heavy (non-hydrogen) atoms.